The van der Waals surface area contributed by atoms with Crippen LogP contribution in [-0.4, -0.2) is 19.1 Å². The summed E-state index contributed by atoms with van der Waals surface area (Å²) in [5.74, 6) is 0. The van der Waals surface area contributed by atoms with Crippen LogP contribution in [0, 0.1) is 0 Å². The highest BCUT2D eigenvalue weighted by atomic mass is 16.8. The van der Waals surface area contributed by atoms with Crippen LogP contribution < -0.4 is 0 Å². The third kappa shape index (κ3) is 7.33. The molecular formula is C8H17NO2. The molecule has 0 heterocycles. The molecule has 0 fully saturated rings. The molecule has 11 heavy (non-hydrogen) atoms. The standard InChI is InChI=1S/C8H17NO2/c1-4-6-7-10-8(3)11-9-5-2/h5,8H,4,6-7H2,1-3H3. The Morgan fingerprint density at radius 3 is 2.82 bits per heavy atom. The Bertz CT molecular complexity index is 104. The molecule has 3 heteroatoms. The number of hydrogen-bond donors (Lipinski definition) is 0. The molecule has 3 nitrogen and oxygen atoms in total. The molecule has 0 aliphatic heterocycles. The van der Waals surface area contributed by atoms with E-state index in [4.69, 9.17) is 9.57 Å². The zero-order chi connectivity index (χ0) is 8.53. The largest absolute Gasteiger partial charge is 0.364 e. The van der Waals surface area contributed by atoms with Gasteiger partial charge < -0.3 is 9.57 Å². The van der Waals surface area contributed by atoms with E-state index < -0.39 is 0 Å². The molecule has 0 saturated carbocycles. The number of rotatable bonds is 6. The van der Waals surface area contributed by atoms with Gasteiger partial charge in [-0.3, -0.25) is 0 Å². The topological polar surface area (TPSA) is 30.8 Å². The third-order valence-corrected chi connectivity index (χ3v) is 1.17. The van der Waals surface area contributed by atoms with Crippen molar-refractivity contribution in [1.29, 1.82) is 0 Å². The van der Waals surface area contributed by atoms with Gasteiger partial charge in [0.05, 0.1) is 6.61 Å². The van der Waals surface area contributed by atoms with Crippen molar-refractivity contribution in [3.8, 4) is 0 Å². The van der Waals surface area contributed by atoms with Gasteiger partial charge in [0.15, 0.2) is 0 Å². The summed E-state index contributed by atoms with van der Waals surface area (Å²) in [5, 5.41) is 3.60. The number of oxime groups is 1. The fraction of sp³-hybridized carbons (Fsp3) is 0.875. The van der Waals surface area contributed by atoms with Crippen molar-refractivity contribution in [2.75, 3.05) is 6.61 Å². The van der Waals surface area contributed by atoms with Crippen molar-refractivity contribution in [3.05, 3.63) is 0 Å². The number of hydrogen-bond acceptors (Lipinski definition) is 3. The van der Waals surface area contributed by atoms with E-state index >= 15 is 0 Å². The van der Waals surface area contributed by atoms with E-state index in [1.807, 2.05) is 6.92 Å². The molecule has 0 saturated heterocycles. The normalized spacial score (nSPS) is 13.7. The van der Waals surface area contributed by atoms with Crippen LogP contribution >= 0.6 is 0 Å². The second-order valence-corrected chi connectivity index (χ2v) is 2.26. The zero-order valence-corrected chi connectivity index (χ0v) is 7.54. The molecule has 0 N–H and O–H groups in total. The lowest BCUT2D eigenvalue weighted by Gasteiger charge is -2.09. The molecule has 1 atom stereocenters. The van der Waals surface area contributed by atoms with Crippen molar-refractivity contribution in [2.24, 2.45) is 5.16 Å². The van der Waals surface area contributed by atoms with Crippen LogP contribution in [0.5, 0.6) is 0 Å². The predicted molar refractivity (Wildman–Crippen MR) is 45.6 cm³/mol. The van der Waals surface area contributed by atoms with Gasteiger partial charge >= 0.3 is 0 Å². The van der Waals surface area contributed by atoms with Gasteiger partial charge in [0.1, 0.15) is 0 Å². The molecule has 0 amide bonds. The second kappa shape index (κ2) is 7.54. The van der Waals surface area contributed by atoms with E-state index in [2.05, 4.69) is 12.1 Å². The lowest BCUT2D eigenvalue weighted by atomic mass is 10.4. The first-order valence-electron chi connectivity index (χ1n) is 4.06. The van der Waals surface area contributed by atoms with Crippen LogP contribution in [0.25, 0.3) is 0 Å². The fourth-order valence-electron chi connectivity index (χ4n) is 0.571. The van der Waals surface area contributed by atoms with Gasteiger partial charge in [0, 0.05) is 13.1 Å². The molecule has 0 aromatic heterocycles. The van der Waals surface area contributed by atoms with Gasteiger partial charge in [0.25, 0.3) is 0 Å². The molecule has 0 aromatic rings. The minimum atomic E-state index is -0.224. The first-order valence-corrected chi connectivity index (χ1v) is 4.06. The second-order valence-electron chi connectivity index (χ2n) is 2.26. The van der Waals surface area contributed by atoms with Crippen LogP contribution in [0.2, 0.25) is 0 Å². The monoisotopic (exact) mass is 159 g/mol. The van der Waals surface area contributed by atoms with E-state index in [9.17, 15) is 0 Å². The maximum Gasteiger partial charge on any atom is 0.223 e. The Labute approximate surface area is 68.4 Å². The number of ether oxygens (including phenoxy) is 1. The van der Waals surface area contributed by atoms with Crippen molar-refractivity contribution >= 4 is 6.21 Å². The molecule has 0 aliphatic carbocycles. The lowest BCUT2D eigenvalue weighted by molar-refractivity contribution is -0.130. The smallest absolute Gasteiger partial charge is 0.223 e. The molecule has 0 radical (unpaired) electrons. The number of nitrogens with zero attached hydrogens (tertiary/aromatic N) is 1. The summed E-state index contributed by atoms with van der Waals surface area (Å²) in [6.45, 7) is 6.51. The third-order valence-electron chi connectivity index (χ3n) is 1.17. The van der Waals surface area contributed by atoms with Crippen molar-refractivity contribution < 1.29 is 9.57 Å². The summed E-state index contributed by atoms with van der Waals surface area (Å²) in [5.41, 5.74) is 0. The predicted octanol–water partition coefficient (Wildman–Crippen LogP) is 2.17. The van der Waals surface area contributed by atoms with Gasteiger partial charge in [-0.15, -0.1) is 0 Å². The van der Waals surface area contributed by atoms with Crippen LogP contribution in [0.4, 0.5) is 0 Å². The number of unbranched alkanes of at least 4 members (excludes halogenated alkanes) is 1. The maximum atomic E-state index is 5.25. The lowest BCUT2D eigenvalue weighted by Crippen LogP contribution is -2.10. The van der Waals surface area contributed by atoms with Crippen molar-refractivity contribution in [1.82, 2.24) is 0 Å². The summed E-state index contributed by atoms with van der Waals surface area (Å²) in [7, 11) is 0. The molecule has 0 rings (SSSR count). The Kier molecular flexibility index (Phi) is 7.15. The molecule has 0 aliphatic rings. The Morgan fingerprint density at radius 2 is 2.27 bits per heavy atom. The van der Waals surface area contributed by atoms with E-state index in [1.54, 1.807) is 13.1 Å². The highest BCUT2D eigenvalue weighted by Gasteiger charge is 1.98. The van der Waals surface area contributed by atoms with Crippen molar-refractivity contribution in [2.45, 2.75) is 39.9 Å². The van der Waals surface area contributed by atoms with Gasteiger partial charge in [-0.2, -0.15) is 0 Å². The summed E-state index contributed by atoms with van der Waals surface area (Å²) >= 11 is 0. The SMILES string of the molecule is CC=NOC(C)OCCCC. The molecule has 0 spiro atoms. The van der Waals surface area contributed by atoms with Gasteiger partial charge in [-0.05, 0) is 13.3 Å². The first-order chi connectivity index (χ1) is 5.31. The van der Waals surface area contributed by atoms with E-state index in [1.165, 1.54) is 0 Å². The minimum Gasteiger partial charge on any atom is -0.364 e. The van der Waals surface area contributed by atoms with Gasteiger partial charge in [-0.1, -0.05) is 18.5 Å². The van der Waals surface area contributed by atoms with E-state index in [-0.39, 0.29) is 6.29 Å². The Morgan fingerprint density at radius 1 is 1.55 bits per heavy atom. The summed E-state index contributed by atoms with van der Waals surface area (Å²) in [4.78, 5) is 4.88. The summed E-state index contributed by atoms with van der Waals surface area (Å²) < 4.78 is 5.25. The molecule has 0 aromatic carbocycles. The quantitative estimate of drug-likeness (QED) is 0.257. The highest BCUT2D eigenvalue weighted by Crippen LogP contribution is 1.96. The minimum absolute atomic E-state index is 0.224. The van der Waals surface area contributed by atoms with Crippen LogP contribution in [-0.2, 0) is 9.57 Å². The Hall–Kier alpha value is -0.570. The van der Waals surface area contributed by atoms with Gasteiger partial charge in [0.2, 0.25) is 6.29 Å². The average molecular weight is 159 g/mol. The fourth-order valence-corrected chi connectivity index (χ4v) is 0.571. The average Bonchev–Trinajstić information content (AvgIpc) is 2.01. The van der Waals surface area contributed by atoms with Crippen molar-refractivity contribution in [3.63, 3.8) is 0 Å². The molecule has 1 unspecified atom stereocenters. The first kappa shape index (κ1) is 10.4. The molecule has 0 bridgehead atoms. The van der Waals surface area contributed by atoms with E-state index in [0.717, 1.165) is 19.4 Å². The van der Waals surface area contributed by atoms with Gasteiger partial charge in [-0.25, -0.2) is 0 Å². The van der Waals surface area contributed by atoms with Crippen LogP contribution in [0.15, 0.2) is 5.16 Å². The summed E-state index contributed by atoms with van der Waals surface area (Å²) in [6, 6.07) is 0. The van der Waals surface area contributed by atoms with Crippen LogP contribution in [0.1, 0.15) is 33.6 Å². The highest BCUT2D eigenvalue weighted by molar-refractivity contribution is 5.52. The maximum absolute atomic E-state index is 5.25. The summed E-state index contributed by atoms with van der Waals surface area (Å²) in [6.07, 6.45) is 3.59. The van der Waals surface area contributed by atoms with E-state index in [0.29, 0.717) is 0 Å². The molecule has 66 valence electrons. The molecular weight excluding hydrogens is 142 g/mol. The van der Waals surface area contributed by atoms with Crippen LogP contribution in [0.3, 0.4) is 0 Å². The Balaban J connectivity index is 3.15. The zero-order valence-electron chi connectivity index (χ0n) is 7.54.